The fourth-order valence-electron chi connectivity index (χ4n) is 4.03. The molecular formula is C20H34N4O+2. The van der Waals surface area contributed by atoms with E-state index in [-0.39, 0.29) is 5.91 Å². The van der Waals surface area contributed by atoms with Gasteiger partial charge in [-0.15, -0.1) is 0 Å². The van der Waals surface area contributed by atoms with Gasteiger partial charge in [0.1, 0.15) is 0 Å². The Morgan fingerprint density at radius 2 is 1.60 bits per heavy atom. The van der Waals surface area contributed by atoms with E-state index in [9.17, 15) is 4.79 Å². The average molecular weight is 347 g/mol. The molecule has 0 radical (unpaired) electrons. The molecule has 2 aliphatic rings. The third-order valence-electron chi connectivity index (χ3n) is 5.71. The Morgan fingerprint density at radius 3 is 2.20 bits per heavy atom. The molecule has 3 N–H and O–H groups in total. The molecule has 2 fully saturated rings. The zero-order chi connectivity index (χ0) is 17.5. The van der Waals surface area contributed by atoms with Crippen LogP contribution >= 0.6 is 0 Å². The number of rotatable bonds is 5. The normalized spacial score (nSPS) is 20.3. The topological polar surface area (TPSA) is 41.2 Å². The molecule has 0 unspecified atom stereocenters. The van der Waals surface area contributed by atoms with E-state index in [1.807, 2.05) is 12.1 Å². The van der Waals surface area contributed by atoms with Crippen molar-refractivity contribution in [3.63, 3.8) is 0 Å². The highest BCUT2D eigenvalue weighted by Gasteiger charge is 2.19. The molecule has 1 amide bonds. The van der Waals surface area contributed by atoms with Crippen LogP contribution in [0.15, 0.2) is 24.3 Å². The van der Waals surface area contributed by atoms with Gasteiger partial charge in [-0.1, -0.05) is 0 Å². The largest absolute Gasteiger partial charge is 0.360 e. The van der Waals surface area contributed by atoms with Gasteiger partial charge in [0.25, 0.3) is 5.91 Å². The maximum Gasteiger partial charge on any atom is 0.279 e. The van der Waals surface area contributed by atoms with E-state index < -0.39 is 0 Å². The Hall–Kier alpha value is -1.59. The van der Waals surface area contributed by atoms with Crippen molar-refractivity contribution in [2.45, 2.75) is 32.6 Å². The fourth-order valence-corrected chi connectivity index (χ4v) is 4.03. The molecule has 0 atom stereocenters. The maximum atomic E-state index is 12.3. The third kappa shape index (κ3) is 5.44. The van der Waals surface area contributed by atoms with Crippen LogP contribution in [0.3, 0.4) is 0 Å². The van der Waals surface area contributed by atoms with Crippen LogP contribution in [-0.4, -0.2) is 58.3 Å². The van der Waals surface area contributed by atoms with Gasteiger partial charge in [-0.25, -0.2) is 0 Å². The number of amides is 1. The molecule has 0 aromatic heterocycles. The highest BCUT2D eigenvalue weighted by atomic mass is 16.2. The van der Waals surface area contributed by atoms with Gasteiger partial charge in [-0.05, 0) is 56.9 Å². The summed E-state index contributed by atoms with van der Waals surface area (Å²) in [4.78, 5) is 17.9. The molecular weight excluding hydrogens is 312 g/mol. The number of anilines is 2. The van der Waals surface area contributed by atoms with Crippen molar-refractivity contribution in [1.82, 2.24) is 0 Å². The summed E-state index contributed by atoms with van der Waals surface area (Å²) in [7, 11) is 0. The van der Waals surface area contributed by atoms with Crippen molar-refractivity contribution in [3.05, 3.63) is 24.3 Å². The van der Waals surface area contributed by atoms with Gasteiger partial charge in [0, 0.05) is 11.4 Å². The lowest BCUT2D eigenvalue weighted by Gasteiger charge is -2.33. The Bertz CT molecular complexity index is 529. The molecule has 2 heterocycles. The van der Waals surface area contributed by atoms with Crippen LogP contribution in [-0.2, 0) is 4.79 Å². The predicted molar refractivity (Wildman–Crippen MR) is 103 cm³/mol. The zero-order valence-corrected chi connectivity index (χ0v) is 15.7. The highest BCUT2D eigenvalue weighted by molar-refractivity contribution is 5.91. The first-order valence-electron chi connectivity index (χ1n) is 10.1. The maximum absolute atomic E-state index is 12.3. The van der Waals surface area contributed by atoms with Crippen molar-refractivity contribution < 1.29 is 14.6 Å². The van der Waals surface area contributed by atoms with Crippen LogP contribution in [0.2, 0.25) is 0 Å². The van der Waals surface area contributed by atoms with Crippen molar-refractivity contribution in [2.24, 2.45) is 0 Å². The van der Waals surface area contributed by atoms with Crippen LogP contribution in [0, 0.1) is 0 Å². The van der Waals surface area contributed by atoms with Crippen molar-refractivity contribution in [3.8, 4) is 0 Å². The molecule has 0 spiro atoms. The molecule has 0 aliphatic carbocycles. The predicted octanol–water partition coefficient (Wildman–Crippen LogP) is -0.191. The van der Waals surface area contributed by atoms with E-state index in [1.54, 1.807) is 4.90 Å². The number of hydrogen-bond acceptors (Lipinski definition) is 2. The lowest BCUT2D eigenvalue weighted by molar-refractivity contribution is -0.898. The lowest BCUT2D eigenvalue weighted by atomic mass is 10.2. The summed E-state index contributed by atoms with van der Waals surface area (Å²) in [5.74, 6) is 0.143. The second-order valence-electron chi connectivity index (χ2n) is 7.53. The Labute approximate surface area is 152 Å². The first-order chi connectivity index (χ1) is 12.2. The number of benzene rings is 1. The SMILES string of the molecule is CC[NH+]1CCN(c2ccc(NC(=O)C[NH+]3CCCCCC3)cc2)CC1. The van der Waals surface area contributed by atoms with Gasteiger partial charge >= 0.3 is 0 Å². The number of carbonyl (C=O) groups excluding carboxylic acids is 1. The summed E-state index contributed by atoms with van der Waals surface area (Å²) in [6.07, 6.45) is 5.15. The summed E-state index contributed by atoms with van der Waals surface area (Å²) in [6.45, 7) is 11.0. The van der Waals surface area contributed by atoms with Crippen LogP contribution in [0.25, 0.3) is 0 Å². The number of likely N-dealkylation sites (N-methyl/N-ethyl adjacent to an activating group) is 1. The van der Waals surface area contributed by atoms with E-state index in [0.29, 0.717) is 6.54 Å². The third-order valence-corrected chi connectivity index (χ3v) is 5.71. The minimum absolute atomic E-state index is 0.143. The smallest absolute Gasteiger partial charge is 0.279 e. The number of piperazine rings is 1. The Balaban J connectivity index is 1.48. The molecule has 5 nitrogen and oxygen atoms in total. The molecule has 25 heavy (non-hydrogen) atoms. The van der Waals surface area contributed by atoms with Gasteiger partial charge in [0.2, 0.25) is 0 Å². The van der Waals surface area contributed by atoms with Gasteiger partial charge in [-0.3, -0.25) is 4.79 Å². The minimum atomic E-state index is 0.143. The number of hydrogen-bond donors (Lipinski definition) is 3. The summed E-state index contributed by atoms with van der Waals surface area (Å²) >= 11 is 0. The van der Waals surface area contributed by atoms with Gasteiger partial charge < -0.3 is 20.0 Å². The molecule has 1 aromatic rings. The van der Waals surface area contributed by atoms with Crippen LogP contribution in [0.4, 0.5) is 11.4 Å². The van der Waals surface area contributed by atoms with E-state index in [2.05, 4.69) is 29.3 Å². The quantitative estimate of drug-likeness (QED) is 0.692. The first-order valence-corrected chi connectivity index (χ1v) is 10.1. The van der Waals surface area contributed by atoms with Crippen molar-refractivity contribution in [2.75, 3.05) is 62.6 Å². The van der Waals surface area contributed by atoms with Crippen molar-refractivity contribution >= 4 is 17.3 Å². The van der Waals surface area contributed by atoms with Gasteiger partial charge in [0.15, 0.2) is 6.54 Å². The second-order valence-corrected chi connectivity index (χ2v) is 7.53. The summed E-state index contributed by atoms with van der Waals surface area (Å²) in [5, 5.41) is 3.07. The minimum Gasteiger partial charge on any atom is -0.360 e. The van der Waals surface area contributed by atoms with Gasteiger partial charge in [0.05, 0.1) is 45.8 Å². The monoisotopic (exact) mass is 346 g/mol. The fraction of sp³-hybridized carbons (Fsp3) is 0.650. The van der Waals surface area contributed by atoms with E-state index >= 15 is 0 Å². The first kappa shape index (κ1) is 18.2. The van der Waals surface area contributed by atoms with Gasteiger partial charge in [-0.2, -0.15) is 0 Å². The Kier molecular flexibility index (Phi) is 6.70. The standard InChI is InChI=1S/C20H32N4O/c1-2-22-13-15-24(16-14-22)19-9-7-18(8-10-19)21-20(25)17-23-11-5-3-4-6-12-23/h7-10H,2-6,11-17H2,1H3,(H,21,25)/p+2. The number of nitrogens with zero attached hydrogens (tertiary/aromatic N) is 1. The molecule has 0 bridgehead atoms. The molecule has 138 valence electrons. The molecule has 1 aromatic carbocycles. The summed E-state index contributed by atoms with van der Waals surface area (Å²) in [5.41, 5.74) is 2.19. The molecule has 3 rings (SSSR count). The van der Waals surface area contributed by atoms with E-state index in [1.165, 1.54) is 55.9 Å². The van der Waals surface area contributed by atoms with E-state index in [4.69, 9.17) is 0 Å². The Morgan fingerprint density at radius 1 is 0.960 bits per heavy atom. The van der Waals surface area contributed by atoms with Crippen LogP contribution in [0.1, 0.15) is 32.6 Å². The number of likely N-dealkylation sites (tertiary alicyclic amines) is 1. The molecule has 0 saturated carbocycles. The highest BCUT2D eigenvalue weighted by Crippen LogP contribution is 2.17. The molecule has 5 heteroatoms. The van der Waals surface area contributed by atoms with Crippen LogP contribution in [0.5, 0.6) is 0 Å². The van der Waals surface area contributed by atoms with Crippen LogP contribution < -0.4 is 20.0 Å². The zero-order valence-electron chi connectivity index (χ0n) is 15.7. The number of carbonyl (C=O) groups is 1. The molecule has 2 saturated heterocycles. The average Bonchev–Trinajstić information content (AvgIpc) is 2.91. The van der Waals surface area contributed by atoms with Crippen molar-refractivity contribution in [1.29, 1.82) is 0 Å². The molecule has 2 aliphatic heterocycles. The lowest BCUT2D eigenvalue weighted by Crippen LogP contribution is -3.14. The summed E-state index contributed by atoms with van der Waals surface area (Å²) < 4.78 is 0. The second kappa shape index (κ2) is 9.20. The summed E-state index contributed by atoms with van der Waals surface area (Å²) in [6, 6.07) is 8.38. The number of nitrogens with one attached hydrogen (secondary N) is 3. The number of quaternary nitrogens is 2. The van der Waals surface area contributed by atoms with E-state index in [0.717, 1.165) is 31.9 Å².